The topological polar surface area (TPSA) is 35.8 Å². The average molecular weight is 236 g/mol. The monoisotopic (exact) mass is 236 g/mol. The molecule has 0 aromatic heterocycles. The van der Waals surface area contributed by atoms with Crippen LogP contribution < -0.4 is 5.06 Å². The average Bonchev–Trinajstić information content (AvgIpc) is 2.83. The molecule has 2 aromatic carbocycles. The van der Waals surface area contributed by atoms with E-state index in [1.54, 1.807) is 12.4 Å². The normalized spacial score (nSPS) is 14.8. The number of hydrogen-bond acceptors (Lipinski definition) is 3. The van der Waals surface area contributed by atoms with Gasteiger partial charge in [0.05, 0.1) is 11.4 Å². The minimum atomic E-state index is 0.725. The van der Waals surface area contributed by atoms with Gasteiger partial charge >= 0.3 is 0 Å². The summed E-state index contributed by atoms with van der Waals surface area (Å²) < 4.78 is 0. The van der Waals surface area contributed by atoms with Crippen LogP contribution in [0.4, 0.5) is 11.4 Å². The van der Waals surface area contributed by atoms with E-state index in [1.165, 1.54) is 0 Å². The smallest absolute Gasteiger partial charge is 0.0709 e. The van der Waals surface area contributed by atoms with Crippen molar-refractivity contribution in [2.24, 2.45) is 4.99 Å². The zero-order chi connectivity index (χ0) is 12.4. The summed E-state index contributed by atoms with van der Waals surface area (Å²) in [5.41, 5.74) is 3.59. The van der Waals surface area contributed by atoms with E-state index in [0.717, 1.165) is 27.6 Å². The van der Waals surface area contributed by atoms with E-state index in [1.807, 2.05) is 54.6 Å². The van der Waals surface area contributed by atoms with Crippen molar-refractivity contribution in [1.29, 1.82) is 0 Å². The second-order valence-corrected chi connectivity index (χ2v) is 4.04. The van der Waals surface area contributed by atoms with Gasteiger partial charge in [-0.3, -0.25) is 10.2 Å². The quantitative estimate of drug-likeness (QED) is 0.808. The fourth-order valence-corrected chi connectivity index (χ4v) is 1.93. The van der Waals surface area contributed by atoms with Crippen molar-refractivity contribution >= 4 is 23.2 Å². The highest BCUT2D eigenvalue weighted by Crippen LogP contribution is 2.31. The minimum Gasteiger partial charge on any atom is -0.284 e. The third-order valence-electron chi connectivity index (χ3n) is 2.84. The molecule has 1 aliphatic heterocycles. The maximum atomic E-state index is 10.0. The molecule has 0 unspecified atom stereocenters. The Balaban J connectivity index is 1.93. The minimum absolute atomic E-state index is 0.725. The molecule has 3 nitrogen and oxygen atoms in total. The van der Waals surface area contributed by atoms with E-state index < -0.39 is 0 Å². The van der Waals surface area contributed by atoms with E-state index in [2.05, 4.69) is 4.99 Å². The van der Waals surface area contributed by atoms with Crippen LogP contribution in [0, 0.1) is 0 Å². The first kappa shape index (κ1) is 10.7. The Morgan fingerprint density at radius 1 is 0.944 bits per heavy atom. The van der Waals surface area contributed by atoms with E-state index in [9.17, 15) is 5.21 Å². The first-order valence-corrected chi connectivity index (χ1v) is 5.73. The van der Waals surface area contributed by atoms with Crippen molar-refractivity contribution in [3.63, 3.8) is 0 Å². The predicted molar refractivity (Wildman–Crippen MR) is 73.3 cm³/mol. The summed E-state index contributed by atoms with van der Waals surface area (Å²) in [4.78, 5) is 4.30. The molecule has 3 heteroatoms. The molecule has 0 bridgehead atoms. The summed E-state index contributed by atoms with van der Waals surface area (Å²) in [6.07, 6.45) is 3.43. The first-order chi connectivity index (χ1) is 8.84. The molecule has 0 saturated heterocycles. The van der Waals surface area contributed by atoms with E-state index in [4.69, 9.17) is 0 Å². The lowest BCUT2D eigenvalue weighted by atomic mass is 10.1. The van der Waals surface area contributed by atoms with Gasteiger partial charge in [-0.2, -0.15) is 0 Å². The lowest BCUT2D eigenvalue weighted by molar-refractivity contribution is 0.296. The summed E-state index contributed by atoms with van der Waals surface area (Å²) in [7, 11) is 0. The van der Waals surface area contributed by atoms with Gasteiger partial charge in [0, 0.05) is 23.6 Å². The number of benzene rings is 2. The van der Waals surface area contributed by atoms with Crippen molar-refractivity contribution in [2.45, 2.75) is 0 Å². The lowest BCUT2D eigenvalue weighted by Crippen LogP contribution is -2.09. The van der Waals surface area contributed by atoms with Crippen LogP contribution in [0.25, 0.3) is 5.57 Å². The van der Waals surface area contributed by atoms with E-state index in [0.29, 0.717) is 0 Å². The van der Waals surface area contributed by atoms with Gasteiger partial charge in [0.2, 0.25) is 0 Å². The molecule has 88 valence electrons. The Labute approximate surface area is 105 Å². The molecule has 18 heavy (non-hydrogen) atoms. The van der Waals surface area contributed by atoms with Crippen LogP contribution >= 0.6 is 0 Å². The maximum absolute atomic E-state index is 10.0. The SMILES string of the molecule is ON(/C=C1\C=Nc2ccccc21)c1ccccc1. The van der Waals surface area contributed by atoms with Crippen LogP contribution in [-0.2, 0) is 0 Å². The van der Waals surface area contributed by atoms with Crippen molar-refractivity contribution in [3.05, 3.63) is 66.4 Å². The number of para-hydroxylation sites is 2. The van der Waals surface area contributed by atoms with Gasteiger partial charge in [0.1, 0.15) is 0 Å². The molecule has 0 radical (unpaired) electrons. The van der Waals surface area contributed by atoms with Crippen molar-refractivity contribution in [3.8, 4) is 0 Å². The van der Waals surface area contributed by atoms with Crippen molar-refractivity contribution in [2.75, 3.05) is 5.06 Å². The van der Waals surface area contributed by atoms with Crippen LogP contribution in [0.3, 0.4) is 0 Å². The zero-order valence-corrected chi connectivity index (χ0v) is 9.69. The van der Waals surface area contributed by atoms with Crippen LogP contribution in [0.1, 0.15) is 5.56 Å². The molecule has 0 fully saturated rings. The molecular weight excluding hydrogens is 224 g/mol. The molecule has 1 heterocycles. The molecule has 0 spiro atoms. The Bertz CT molecular complexity index is 617. The van der Waals surface area contributed by atoms with Gasteiger partial charge in [0.15, 0.2) is 0 Å². The van der Waals surface area contributed by atoms with Crippen molar-refractivity contribution < 1.29 is 5.21 Å². The van der Waals surface area contributed by atoms with Crippen LogP contribution in [0.5, 0.6) is 0 Å². The second kappa shape index (κ2) is 4.47. The number of anilines is 1. The van der Waals surface area contributed by atoms with Gasteiger partial charge in [-0.05, 0) is 18.2 Å². The highest BCUT2D eigenvalue weighted by atomic mass is 16.5. The van der Waals surface area contributed by atoms with E-state index in [-0.39, 0.29) is 0 Å². The molecule has 0 saturated carbocycles. The number of aliphatic imine (C=N–C) groups is 1. The Morgan fingerprint density at radius 2 is 1.67 bits per heavy atom. The number of rotatable bonds is 2. The molecular formula is C15H12N2O. The number of hydroxylamine groups is 1. The Hall–Kier alpha value is -2.39. The first-order valence-electron chi connectivity index (χ1n) is 5.73. The fraction of sp³-hybridized carbons (Fsp3) is 0. The van der Waals surface area contributed by atoms with Gasteiger partial charge in [0.25, 0.3) is 0 Å². The summed E-state index contributed by atoms with van der Waals surface area (Å²) in [5.74, 6) is 0. The number of fused-ring (bicyclic) bond motifs is 1. The number of nitrogens with zero attached hydrogens (tertiary/aromatic N) is 2. The lowest BCUT2D eigenvalue weighted by Gasteiger charge is -2.12. The summed E-state index contributed by atoms with van der Waals surface area (Å²) in [5, 5.41) is 11.1. The third-order valence-corrected chi connectivity index (χ3v) is 2.84. The van der Waals surface area contributed by atoms with Gasteiger partial charge in [-0.15, -0.1) is 0 Å². The summed E-state index contributed by atoms with van der Waals surface area (Å²) >= 11 is 0. The largest absolute Gasteiger partial charge is 0.284 e. The Kier molecular flexibility index (Phi) is 2.67. The molecule has 0 atom stereocenters. The fourth-order valence-electron chi connectivity index (χ4n) is 1.93. The third kappa shape index (κ3) is 1.92. The van der Waals surface area contributed by atoms with Crippen molar-refractivity contribution in [1.82, 2.24) is 0 Å². The zero-order valence-electron chi connectivity index (χ0n) is 9.69. The Morgan fingerprint density at radius 3 is 2.50 bits per heavy atom. The standard InChI is InChI=1S/C15H12N2O/c18-17(13-6-2-1-3-7-13)11-12-10-16-15-9-5-4-8-14(12)15/h1-11,18H/b12-11+. The maximum Gasteiger partial charge on any atom is 0.0709 e. The molecule has 2 aromatic rings. The highest BCUT2D eigenvalue weighted by Gasteiger charge is 2.12. The summed E-state index contributed by atoms with van der Waals surface area (Å²) in [6, 6.07) is 17.2. The number of allylic oxidation sites excluding steroid dienone is 1. The van der Waals surface area contributed by atoms with Crippen LogP contribution in [0.15, 0.2) is 65.8 Å². The molecule has 3 rings (SSSR count). The van der Waals surface area contributed by atoms with Gasteiger partial charge in [-0.25, -0.2) is 5.06 Å². The second-order valence-electron chi connectivity index (χ2n) is 4.04. The predicted octanol–water partition coefficient (Wildman–Crippen LogP) is 3.64. The molecule has 0 amide bonds. The molecule has 1 aliphatic rings. The summed E-state index contributed by atoms with van der Waals surface area (Å²) in [6.45, 7) is 0. The highest BCUT2D eigenvalue weighted by molar-refractivity contribution is 6.16. The van der Waals surface area contributed by atoms with E-state index >= 15 is 0 Å². The van der Waals surface area contributed by atoms with Gasteiger partial charge < -0.3 is 0 Å². The molecule has 1 N–H and O–H groups in total. The van der Waals surface area contributed by atoms with Crippen LogP contribution in [-0.4, -0.2) is 11.4 Å². The molecule has 0 aliphatic carbocycles. The van der Waals surface area contributed by atoms with Crippen LogP contribution in [0.2, 0.25) is 0 Å². The number of hydrogen-bond donors (Lipinski definition) is 1. The van der Waals surface area contributed by atoms with Gasteiger partial charge in [-0.1, -0.05) is 36.4 Å².